The molecule has 0 saturated heterocycles. The fourth-order valence-corrected chi connectivity index (χ4v) is 4.05. The van der Waals surface area contributed by atoms with E-state index in [1.165, 1.54) is 4.21 Å². The normalized spacial score (nSPS) is 14.2. The van der Waals surface area contributed by atoms with Gasteiger partial charge in [-0.3, -0.25) is 0 Å². The van der Waals surface area contributed by atoms with Gasteiger partial charge in [-0.05, 0) is 45.3 Å². The van der Waals surface area contributed by atoms with Crippen LogP contribution in [-0.2, 0) is 0 Å². The second kappa shape index (κ2) is 6.37. The van der Waals surface area contributed by atoms with E-state index < -0.39 is 0 Å². The molecule has 1 N–H and O–H groups in total. The summed E-state index contributed by atoms with van der Waals surface area (Å²) in [4.78, 5) is 4.47. The topological polar surface area (TPSA) is 28.2 Å². The maximum absolute atomic E-state index is 4.47. The van der Waals surface area contributed by atoms with Crippen LogP contribution in [0.1, 0.15) is 31.5 Å². The zero-order valence-electron chi connectivity index (χ0n) is 12.5. The lowest BCUT2D eigenvalue weighted by atomic mass is 9.87. The molecular weight excluding hydrogens is 262 g/mol. The zero-order valence-corrected chi connectivity index (χ0v) is 14.1. The van der Waals surface area contributed by atoms with E-state index in [2.05, 4.69) is 56.3 Å². The highest BCUT2D eigenvalue weighted by molar-refractivity contribution is 7.99. The van der Waals surface area contributed by atoms with Gasteiger partial charge in [0.2, 0.25) is 0 Å². The first-order valence-corrected chi connectivity index (χ1v) is 7.83. The van der Waals surface area contributed by atoms with Crippen molar-refractivity contribution in [2.45, 2.75) is 44.9 Å². The predicted octanol–water partition coefficient (Wildman–Crippen LogP) is 3.33. The van der Waals surface area contributed by atoms with Crippen molar-refractivity contribution < 1.29 is 0 Å². The van der Waals surface area contributed by atoms with Gasteiger partial charge in [-0.15, -0.1) is 11.3 Å². The van der Waals surface area contributed by atoms with E-state index >= 15 is 0 Å². The van der Waals surface area contributed by atoms with Gasteiger partial charge < -0.3 is 5.32 Å². The van der Waals surface area contributed by atoms with E-state index in [0.29, 0.717) is 6.04 Å². The molecule has 0 aromatic carbocycles. The van der Waals surface area contributed by atoms with Gasteiger partial charge in [0, 0.05) is 12.6 Å². The molecule has 0 spiro atoms. The molecule has 104 valence electrons. The molecule has 0 aliphatic rings. The lowest BCUT2D eigenvalue weighted by molar-refractivity contribution is 0.252. The molecule has 18 heavy (non-hydrogen) atoms. The smallest absolute Gasteiger partial charge is 0.0983 e. The Balaban J connectivity index is 2.61. The third-order valence-corrected chi connectivity index (χ3v) is 5.20. The van der Waals surface area contributed by atoms with Gasteiger partial charge in [-0.1, -0.05) is 20.8 Å². The van der Waals surface area contributed by atoms with Crippen LogP contribution in [-0.4, -0.2) is 36.0 Å². The Morgan fingerprint density at radius 1 is 1.39 bits per heavy atom. The second-order valence-corrected chi connectivity index (χ2v) is 8.39. The van der Waals surface area contributed by atoms with Crippen molar-refractivity contribution in [1.82, 2.24) is 14.6 Å². The van der Waals surface area contributed by atoms with Crippen LogP contribution in [0.4, 0.5) is 0 Å². The molecule has 0 amide bonds. The van der Waals surface area contributed by atoms with Crippen LogP contribution in [0.2, 0.25) is 0 Å². The highest BCUT2D eigenvalue weighted by Crippen LogP contribution is 2.31. The SMILES string of the molecule is CNC(CN(C)Sc1sc(C)nc1C)C(C)(C)C. The summed E-state index contributed by atoms with van der Waals surface area (Å²) in [5.74, 6) is 0. The van der Waals surface area contributed by atoms with Crippen LogP contribution in [0.15, 0.2) is 4.21 Å². The van der Waals surface area contributed by atoms with Crippen molar-refractivity contribution in [1.29, 1.82) is 0 Å². The lowest BCUT2D eigenvalue weighted by Crippen LogP contribution is -2.44. The molecule has 5 heteroatoms. The van der Waals surface area contributed by atoms with E-state index in [9.17, 15) is 0 Å². The third-order valence-electron chi connectivity index (χ3n) is 2.93. The van der Waals surface area contributed by atoms with Crippen LogP contribution in [0, 0.1) is 19.3 Å². The van der Waals surface area contributed by atoms with Crippen LogP contribution >= 0.6 is 23.3 Å². The van der Waals surface area contributed by atoms with Gasteiger partial charge in [0.15, 0.2) is 0 Å². The summed E-state index contributed by atoms with van der Waals surface area (Å²) in [5.41, 5.74) is 1.41. The molecule has 1 heterocycles. The predicted molar refractivity (Wildman–Crippen MR) is 82.4 cm³/mol. The Labute approximate surface area is 120 Å². The van der Waals surface area contributed by atoms with Crippen LogP contribution in [0.5, 0.6) is 0 Å². The lowest BCUT2D eigenvalue weighted by Gasteiger charge is -2.33. The van der Waals surface area contributed by atoms with Crippen molar-refractivity contribution in [2.75, 3.05) is 20.6 Å². The Kier molecular flexibility index (Phi) is 5.65. The number of aromatic nitrogens is 1. The molecule has 1 atom stereocenters. The van der Waals surface area contributed by atoms with Gasteiger partial charge in [-0.25, -0.2) is 9.29 Å². The summed E-state index contributed by atoms with van der Waals surface area (Å²) in [6.45, 7) is 12.0. The van der Waals surface area contributed by atoms with Gasteiger partial charge in [0.05, 0.1) is 14.9 Å². The van der Waals surface area contributed by atoms with Gasteiger partial charge >= 0.3 is 0 Å². The fraction of sp³-hybridized carbons (Fsp3) is 0.769. The van der Waals surface area contributed by atoms with Crippen molar-refractivity contribution in [2.24, 2.45) is 5.41 Å². The summed E-state index contributed by atoms with van der Waals surface area (Å²) in [7, 11) is 4.19. The number of aryl methyl sites for hydroxylation is 2. The average molecular weight is 287 g/mol. The first-order valence-electron chi connectivity index (χ1n) is 6.24. The monoisotopic (exact) mass is 287 g/mol. The number of nitrogens with zero attached hydrogens (tertiary/aromatic N) is 2. The molecule has 0 saturated carbocycles. The molecule has 1 rings (SSSR count). The standard InChI is InChI=1S/C13H25N3S2/c1-9-12(17-10(2)15-9)18-16(7)8-11(14-6)13(3,4)5/h11,14H,8H2,1-7H3. The summed E-state index contributed by atoms with van der Waals surface area (Å²) >= 11 is 3.57. The van der Waals surface area contributed by atoms with E-state index in [0.717, 1.165) is 17.2 Å². The van der Waals surface area contributed by atoms with E-state index in [-0.39, 0.29) is 5.41 Å². The molecule has 0 radical (unpaired) electrons. The van der Waals surface area contributed by atoms with Crippen LogP contribution < -0.4 is 5.32 Å². The van der Waals surface area contributed by atoms with Gasteiger partial charge in [-0.2, -0.15) is 0 Å². The number of thiazole rings is 1. The Morgan fingerprint density at radius 3 is 2.39 bits per heavy atom. The molecule has 1 aromatic heterocycles. The van der Waals surface area contributed by atoms with E-state index in [1.54, 1.807) is 23.3 Å². The Hall–Kier alpha value is -0.100. The summed E-state index contributed by atoms with van der Waals surface area (Å²) in [6.07, 6.45) is 0. The van der Waals surface area contributed by atoms with Crippen molar-refractivity contribution in [3.05, 3.63) is 10.7 Å². The molecule has 1 aromatic rings. The minimum atomic E-state index is 0.266. The first kappa shape index (κ1) is 16.0. The maximum Gasteiger partial charge on any atom is 0.0983 e. The quantitative estimate of drug-likeness (QED) is 0.841. The molecular formula is C13H25N3S2. The minimum Gasteiger partial charge on any atom is -0.315 e. The van der Waals surface area contributed by atoms with E-state index in [1.807, 2.05) is 7.05 Å². The number of rotatable bonds is 5. The number of hydrogen-bond acceptors (Lipinski definition) is 5. The first-order chi connectivity index (χ1) is 8.24. The Bertz CT molecular complexity index is 382. The van der Waals surface area contributed by atoms with Crippen LogP contribution in [0.25, 0.3) is 0 Å². The van der Waals surface area contributed by atoms with Gasteiger partial charge in [0.25, 0.3) is 0 Å². The molecule has 0 bridgehead atoms. The largest absolute Gasteiger partial charge is 0.315 e. The average Bonchev–Trinajstić information content (AvgIpc) is 2.52. The summed E-state index contributed by atoms with van der Waals surface area (Å²) in [6, 6.07) is 0.476. The summed E-state index contributed by atoms with van der Waals surface area (Å²) in [5, 5.41) is 4.55. The highest BCUT2D eigenvalue weighted by atomic mass is 32.2. The van der Waals surface area contributed by atoms with Crippen molar-refractivity contribution >= 4 is 23.3 Å². The fourth-order valence-electron chi connectivity index (χ4n) is 1.83. The molecule has 0 fully saturated rings. The maximum atomic E-state index is 4.47. The van der Waals surface area contributed by atoms with E-state index in [4.69, 9.17) is 0 Å². The van der Waals surface area contributed by atoms with Gasteiger partial charge in [0.1, 0.15) is 0 Å². The van der Waals surface area contributed by atoms with Crippen molar-refractivity contribution in [3.8, 4) is 0 Å². The number of likely N-dealkylation sites (N-methyl/N-ethyl adjacent to an activating group) is 2. The molecule has 3 nitrogen and oxygen atoms in total. The second-order valence-electron chi connectivity index (χ2n) is 5.71. The van der Waals surface area contributed by atoms with Crippen LogP contribution in [0.3, 0.4) is 0 Å². The van der Waals surface area contributed by atoms with Crippen molar-refractivity contribution in [3.63, 3.8) is 0 Å². The summed E-state index contributed by atoms with van der Waals surface area (Å²) < 4.78 is 3.60. The molecule has 1 unspecified atom stereocenters. The zero-order chi connectivity index (χ0) is 13.9. The number of hydrogen-bond donors (Lipinski definition) is 1. The minimum absolute atomic E-state index is 0.266. The highest BCUT2D eigenvalue weighted by Gasteiger charge is 2.24. The molecule has 0 aliphatic carbocycles. The third kappa shape index (κ3) is 4.53. The Morgan fingerprint density at radius 2 is 2.00 bits per heavy atom. The number of nitrogens with one attached hydrogen (secondary N) is 1. The molecule has 0 aliphatic heterocycles.